The van der Waals surface area contributed by atoms with Crippen molar-refractivity contribution in [2.45, 2.75) is 33.0 Å². The van der Waals surface area contributed by atoms with E-state index in [1.807, 2.05) is 38.1 Å². The van der Waals surface area contributed by atoms with Gasteiger partial charge in [-0.15, -0.1) is 24.0 Å². The molecular formula is C17H28F3IN4. The molecule has 1 aromatic carbocycles. The number of rotatable bonds is 8. The highest BCUT2D eigenvalue weighted by Crippen LogP contribution is 2.15. The number of nitrogens with one attached hydrogen (secondary N) is 2. The van der Waals surface area contributed by atoms with Crippen LogP contribution in [0.3, 0.4) is 0 Å². The summed E-state index contributed by atoms with van der Waals surface area (Å²) in [6.07, 6.45) is -3.53. The molecule has 0 atom stereocenters. The molecular weight excluding hydrogens is 444 g/mol. The van der Waals surface area contributed by atoms with Gasteiger partial charge in [-0.1, -0.05) is 29.8 Å². The number of alkyl halides is 3. The van der Waals surface area contributed by atoms with Gasteiger partial charge in [-0.2, -0.15) is 13.2 Å². The number of halogens is 4. The first-order valence-corrected chi connectivity index (χ1v) is 8.13. The highest BCUT2D eigenvalue weighted by Gasteiger charge is 2.28. The number of hydrogen-bond donors (Lipinski definition) is 2. The van der Waals surface area contributed by atoms with Crippen LogP contribution in [0.15, 0.2) is 29.3 Å². The van der Waals surface area contributed by atoms with Gasteiger partial charge in [-0.05, 0) is 39.4 Å². The van der Waals surface area contributed by atoms with Crippen LogP contribution in [0.25, 0.3) is 0 Å². The van der Waals surface area contributed by atoms with E-state index in [4.69, 9.17) is 0 Å². The van der Waals surface area contributed by atoms with E-state index in [9.17, 15) is 13.2 Å². The molecule has 0 unspecified atom stereocenters. The minimum atomic E-state index is -4.15. The van der Waals surface area contributed by atoms with Crippen molar-refractivity contribution in [3.8, 4) is 0 Å². The molecule has 25 heavy (non-hydrogen) atoms. The summed E-state index contributed by atoms with van der Waals surface area (Å²) in [4.78, 5) is 5.77. The van der Waals surface area contributed by atoms with Crippen molar-refractivity contribution in [3.63, 3.8) is 0 Å². The third-order valence-electron chi connectivity index (χ3n) is 3.34. The minimum absolute atomic E-state index is 0. The van der Waals surface area contributed by atoms with Gasteiger partial charge < -0.3 is 10.6 Å². The van der Waals surface area contributed by atoms with Crippen LogP contribution in [0, 0.1) is 6.92 Å². The summed E-state index contributed by atoms with van der Waals surface area (Å²) in [7, 11) is 1.48. The summed E-state index contributed by atoms with van der Waals surface area (Å²) in [6, 6.07) is 8.16. The molecule has 0 radical (unpaired) electrons. The number of benzene rings is 1. The van der Waals surface area contributed by atoms with Gasteiger partial charge >= 0.3 is 6.18 Å². The number of guanidine groups is 1. The van der Waals surface area contributed by atoms with Crippen LogP contribution in [0.2, 0.25) is 0 Å². The van der Waals surface area contributed by atoms with E-state index in [0.717, 1.165) is 12.1 Å². The van der Waals surface area contributed by atoms with Gasteiger partial charge in [0.15, 0.2) is 5.96 Å². The molecule has 0 aliphatic rings. The van der Waals surface area contributed by atoms with Crippen molar-refractivity contribution in [2.75, 3.05) is 33.2 Å². The maximum Gasteiger partial charge on any atom is 0.401 e. The Balaban J connectivity index is 0.00000576. The molecule has 4 nitrogen and oxygen atoms in total. The minimum Gasteiger partial charge on any atom is -0.357 e. The quantitative estimate of drug-likeness (QED) is 0.263. The molecule has 144 valence electrons. The highest BCUT2D eigenvalue weighted by molar-refractivity contribution is 14.0. The van der Waals surface area contributed by atoms with Crippen molar-refractivity contribution in [2.24, 2.45) is 4.99 Å². The van der Waals surface area contributed by atoms with Crippen molar-refractivity contribution >= 4 is 29.9 Å². The fourth-order valence-electron chi connectivity index (χ4n) is 2.15. The summed E-state index contributed by atoms with van der Waals surface area (Å²) in [5.74, 6) is 0.677. The molecule has 1 rings (SSSR count). The summed E-state index contributed by atoms with van der Waals surface area (Å²) < 4.78 is 36.7. The Kier molecular flexibility index (Phi) is 11.8. The number of aryl methyl sites for hydroxylation is 1. The van der Waals surface area contributed by atoms with Crippen LogP contribution >= 0.6 is 24.0 Å². The van der Waals surface area contributed by atoms with E-state index in [2.05, 4.69) is 15.6 Å². The molecule has 0 aliphatic carbocycles. The molecule has 0 bridgehead atoms. The fraction of sp³-hybridized carbons (Fsp3) is 0.588. The summed E-state index contributed by atoms with van der Waals surface area (Å²) in [5, 5.41) is 6.29. The highest BCUT2D eigenvalue weighted by atomic mass is 127. The Labute approximate surface area is 165 Å². The van der Waals surface area contributed by atoms with Crippen molar-refractivity contribution in [1.82, 2.24) is 15.5 Å². The molecule has 8 heteroatoms. The first kappa shape index (κ1) is 24.0. The summed E-state index contributed by atoms with van der Waals surface area (Å²) >= 11 is 0. The van der Waals surface area contributed by atoms with Crippen molar-refractivity contribution in [3.05, 3.63) is 35.4 Å². The van der Waals surface area contributed by atoms with Gasteiger partial charge in [0.25, 0.3) is 0 Å². The SMILES string of the molecule is CCNC(=NCc1ccc(C)cc1)NCCCN(C)CC(F)(F)F.I. The zero-order chi connectivity index (χ0) is 18.0. The first-order chi connectivity index (χ1) is 11.3. The lowest BCUT2D eigenvalue weighted by Gasteiger charge is -2.18. The molecule has 1 aromatic rings. The van der Waals surface area contributed by atoms with Gasteiger partial charge in [0.2, 0.25) is 0 Å². The maximum absolute atomic E-state index is 12.2. The Bertz CT molecular complexity index is 504. The van der Waals surface area contributed by atoms with E-state index in [-0.39, 0.29) is 24.0 Å². The predicted molar refractivity (Wildman–Crippen MR) is 108 cm³/mol. The van der Waals surface area contributed by atoms with Gasteiger partial charge in [0.05, 0.1) is 13.1 Å². The third kappa shape index (κ3) is 12.0. The van der Waals surface area contributed by atoms with E-state index < -0.39 is 12.7 Å². The second-order valence-electron chi connectivity index (χ2n) is 5.81. The van der Waals surface area contributed by atoms with E-state index in [1.54, 1.807) is 0 Å². The Morgan fingerprint density at radius 3 is 2.36 bits per heavy atom. The Morgan fingerprint density at radius 1 is 1.16 bits per heavy atom. The number of nitrogens with zero attached hydrogens (tertiary/aromatic N) is 2. The van der Waals surface area contributed by atoms with Crippen LogP contribution in [-0.2, 0) is 6.54 Å². The molecule has 0 fully saturated rings. The Morgan fingerprint density at radius 2 is 1.80 bits per heavy atom. The van der Waals surface area contributed by atoms with E-state index in [0.29, 0.717) is 32.0 Å². The van der Waals surface area contributed by atoms with Crippen LogP contribution < -0.4 is 10.6 Å². The largest absolute Gasteiger partial charge is 0.401 e. The molecule has 0 saturated heterocycles. The maximum atomic E-state index is 12.2. The normalized spacial score (nSPS) is 12.0. The van der Waals surface area contributed by atoms with Gasteiger partial charge in [-0.25, -0.2) is 4.99 Å². The summed E-state index contributed by atoms with van der Waals surface area (Å²) in [6.45, 7) is 5.37. The van der Waals surface area contributed by atoms with Crippen molar-refractivity contribution < 1.29 is 13.2 Å². The first-order valence-electron chi connectivity index (χ1n) is 8.13. The molecule has 0 heterocycles. The third-order valence-corrected chi connectivity index (χ3v) is 3.34. The zero-order valence-electron chi connectivity index (χ0n) is 15.0. The van der Waals surface area contributed by atoms with Crippen molar-refractivity contribution in [1.29, 1.82) is 0 Å². The number of aliphatic imine (C=N–C) groups is 1. The van der Waals surface area contributed by atoms with E-state index in [1.165, 1.54) is 17.5 Å². The van der Waals surface area contributed by atoms with Gasteiger partial charge in [-0.3, -0.25) is 4.90 Å². The molecule has 0 saturated carbocycles. The van der Waals surface area contributed by atoms with Gasteiger partial charge in [0, 0.05) is 13.1 Å². The van der Waals surface area contributed by atoms with Crippen LogP contribution in [0.4, 0.5) is 13.2 Å². The van der Waals surface area contributed by atoms with Crippen LogP contribution in [0.5, 0.6) is 0 Å². The van der Waals surface area contributed by atoms with Crippen LogP contribution in [0.1, 0.15) is 24.5 Å². The molecule has 0 spiro atoms. The smallest absolute Gasteiger partial charge is 0.357 e. The lowest BCUT2D eigenvalue weighted by atomic mass is 10.1. The average Bonchev–Trinajstić information content (AvgIpc) is 2.49. The van der Waals surface area contributed by atoms with Gasteiger partial charge in [0.1, 0.15) is 0 Å². The van der Waals surface area contributed by atoms with E-state index >= 15 is 0 Å². The number of hydrogen-bond acceptors (Lipinski definition) is 2. The monoisotopic (exact) mass is 472 g/mol. The second-order valence-corrected chi connectivity index (χ2v) is 5.81. The standard InChI is InChI=1S/C17H27F3N4.HI/c1-4-21-16(23-12-15-8-6-14(2)7-9-15)22-10-5-11-24(3)13-17(18,19)20;/h6-9H,4-5,10-13H2,1-3H3,(H2,21,22,23);1H. The predicted octanol–water partition coefficient (Wildman–Crippen LogP) is 3.55. The zero-order valence-corrected chi connectivity index (χ0v) is 17.3. The lowest BCUT2D eigenvalue weighted by Crippen LogP contribution is -2.39. The fourth-order valence-corrected chi connectivity index (χ4v) is 2.15. The molecule has 2 N–H and O–H groups in total. The summed E-state index contributed by atoms with van der Waals surface area (Å²) in [5.41, 5.74) is 2.32. The second kappa shape index (κ2) is 12.3. The lowest BCUT2D eigenvalue weighted by molar-refractivity contribution is -0.143. The molecule has 0 amide bonds. The average molecular weight is 472 g/mol. The topological polar surface area (TPSA) is 39.7 Å². The molecule has 0 aliphatic heterocycles. The van der Waals surface area contributed by atoms with Crippen LogP contribution in [-0.4, -0.2) is 50.3 Å². The Hall–Kier alpha value is -1.03. The molecule has 0 aromatic heterocycles.